The number of benzene rings is 2. The fourth-order valence-electron chi connectivity index (χ4n) is 3.04. The number of nitrogens with zero attached hydrogens (tertiary/aromatic N) is 4. The van der Waals surface area contributed by atoms with Crippen LogP contribution in [0, 0.1) is 11.3 Å². The Hall–Kier alpha value is -3.50. The monoisotopic (exact) mass is 431 g/mol. The van der Waals surface area contributed by atoms with Gasteiger partial charge in [0.1, 0.15) is 17.3 Å². The maximum atomic E-state index is 12.1. The van der Waals surface area contributed by atoms with Crippen LogP contribution in [0.15, 0.2) is 65.1 Å². The molecule has 0 aliphatic carbocycles. The number of nitrogens with one attached hydrogen (secondary N) is 1. The lowest BCUT2D eigenvalue weighted by atomic mass is 10.1. The number of halogens is 1. The minimum absolute atomic E-state index is 0.123. The third-order valence-corrected chi connectivity index (χ3v) is 5.08. The van der Waals surface area contributed by atoms with Gasteiger partial charge in [-0.15, -0.1) is 0 Å². The molecular formula is C21H14BrN5O. The van der Waals surface area contributed by atoms with Gasteiger partial charge in [-0.1, -0.05) is 60.7 Å². The first-order valence-corrected chi connectivity index (χ1v) is 9.30. The summed E-state index contributed by atoms with van der Waals surface area (Å²) in [4.78, 5) is 12.1. The van der Waals surface area contributed by atoms with Crippen molar-refractivity contribution in [2.45, 2.75) is 6.92 Å². The van der Waals surface area contributed by atoms with Gasteiger partial charge < -0.3 is 0 Å². The van der Waals surface area contributed by atoms with E-state index in [1.54, 1.807) is 0 Å². The molecule has 0 atom stereocenters. The summed E-state index contributed by atoms with van der Waals surface area (Å²) in [5, 5.41) is 21.6. The number of carbonyl (C=O) groups excluding carboxylic acids is 1. The van der Waals surface area contributed by atoms with Gasteiger partial charge in [-0.25, -0.2) is 4.68 Å². The molecule has 0 unspecified atom stereocenters. The van der Waals surface area contributed by atoms with Crippen LogP contribution >= 0.6 is 15.9 Å². The lowest BCUT2D eigenvalue weighted by Crippen LogP contribution is -2.02. The summed E-state index contributed by atoms with van der Waals surface area (Å²) in [6, 6.07) is 21.3. The van der Waals surface area contributed by atoms with Crippen LogP contribution in [0.5, 0.6) is 0 Å². The van der Waals surface area contributed by atoms with Crippen molar-refractivity contribution in [3.63, 3.8) is 0 Å². The van der Waals surface area contributed by atoms with E-state index in [1.807, 2.05) is 60.7 Å². The minimum atomic E-state index is -0.276. The van der Waals surface area contributed by atoms with Gasteiger partial charge in [0.05, 0.1) is 15.9 Å². The van der Waals surface area contributed by atoms with Gasteiger partial charge in [-0.3, -0.25) is 9.89 Å². The van der Waals surface area contributed by atoms with Crippen molar-refractivity contribution >= 4 is 21.7 Å². The van der Waals surface area contributed by atoms with E-state index in [9.17, 15) is 10.1 Å². The Morgan fingerprint density at radius 1 is 1.07 bits per heavy atom. The molecule has 0 saturated carbocycles. The van der Waals surface area contributed by atoms with Crippen molar-refractivity contribution in [2.24, 2.45) is 0 Å². The lowest BCUT2D eigenvalue weighted by molar-refractivity contribution is 0.101. The summed E-state index contributed by atoms with van der Waals surface area (Å²) >= 11 is 3.60. The van der Waals surface area contributed by atoms with Crippen molar-refractivity contribution in [3.05, 3.63) is 76.4 Å². The summed E-state index contributed by atoms with van der Waals surface area (Å²) in [5.74, 6) is 0.198. The van der Waals surface area contributed by atoms with E-state index in [0.717, 1.165) is 16.8 Å². The second kappa shape index (κ2) is 7.25. The van der Waals surface area contributed by atoms with Gasteiger partial charge >= 0.3 is 0 Å². The van der Waals surface area contributed by atoms with Gasteiger partial charge in [0.25, 0.3) is 0 Å². The SMILES string of the molecule is CC(=O)c1nn(-c2n[nH]c(-c3ccccc3)c2Br)c(-c2ccccc2)c1C#N. The number of rotatable bonds is 4. The van der Waals surface area contributed by atoms with Crippen molar-refractivity contribution in [3.8, 4) is 34.4 Å². The molecule has 2 heterocycles. The first-order valence-electron chi connectivity index (χ1n) is 8.51. The molecule has 2 aromatic heterocycles. The molecule has 7 heteroatoms. The molecule has 0 aliphatic rings. The van der Waals surface area contributed by atoms with Crippen molar-refractivity contribution < 1.29 is 4.79 Å². The fraction of sp³-hybridized carbons (Fsp3) is 0.0476. The molecule has 0 radical (unpaired) electrons. The summed E-state index contributed by atoms with van der Waals surface area (Å²) in [6.45, 7) is 1.40. The maximum absolute atomic E-state index is 12.1. The molecule has 0 saturated heterocycles. The molecule has 136 valence electrons. The highest BCUT2D eigenvalue weighted by Gasteiger charge is 2.26. The summed E-state index contributed by atoms with van der Waals surface area (Å²) < 4.78 is 2.23. The molecule has 6 nitrogen and oxygen atoms in total. The Labute approximate surface area is 169 Å². The molecule has 4 rings (SSSR count). The van der Waals surface area contributed by atoms with Gasteiger partial charge in [-0.2, -0.15) is 15.5 Å². The van der Waals surface area contributed by atoms with Crippen molar-refractivity contribution in [1.29, 1.82) is 5.26 Å². The predicted octanol–water partition coefficient (Wildman–Crippen LogP) is 4.77. The Morgan fingerprint density at radius 2 is 1.68 bits per heavy atom. The average molecular weight is 432 g/mol. The minimum Gasteiger partial charge on any atom is -0.293 e. The van der Waals surface area contributed by atoms with Crippen LogP contribution in [0.2, 0.25) is 0 Å². The summed E-state index contributed by atoms with van der Waals surface area (Å²) in [7, 11) is 0. The van der Waals surface area contributed by atoms with Gasteiger partial charge in [0.15, 0.2) is 11.6 Å². The first kappa shape index (κ1) is 17.9. The van der Waals surface area contributed by atoms with E-state index < -0.39 is 0 Å². The van der Waals surface area contributed by atoms with Crippen LogP contribution in [0.1, 0.15) is 23.0 Å². The standard InChI is InChI=1S/C21H14BrN5O/c1-13(28)18-16(12-23)20(15-10-6-3-7-11-15)27(26-18)21-17(22)19(24-25-21)14-8-4-2-5-9-14/h2-11H,1H3,(H,24,25). The second-order valence-corrected chi connectivity index (χ2v) is 6.91. The zero-order valence-corrected chi connectivity index (χ0v) is 16.4. The van der Waals surface area contributed by atoms with E-state index in [4.69, 9.17) is 0 Å². The smallest absolute Gasteiger partial charge is 0.190 e. The Bertz CT molecular complexity index is 1200. The van der Waals surface area contributed by atoms with Crippen LogP contribution < -0.4 is 0 Å². The number of ketones is 1. The quantitative estimate of drug-likeness (QED) is 0.471. The zero-order chi connectivity index (χ0) is 19.7. The molecular weight excluding hydrogens is 418 g/mol. The van der Waals surface area contributed by atoms with E-state index >= 15 is 0 Å². The van der Waals surface area contributed by atoms with E-state index in [0.29, 0.717) is 16.0 Å². The predicted molar refractivity (Wildman–Crippen MR) is 109 cm³/mol. The highest BCUT2D eigenvalue weighted by molar-refractivity contribution is 9.10. The first-order chi connectivity index (χ1) is 13.6. The number of hydrogen-bond acceptors (Lipinski definition) is 4. The van der Waals surface area contributed by atoms with Crippen LogP contribution in [0.3, 0.4) is 0 Å². The maximum Gasteiger partial charge on any atom is 0.190 e. The number of aromatic nitrogens is 4. The highest BCUT2D eigenvalue weighted by Crippen LogP contribution is 2.35. The van der Waals surface area contributed by atoms with E-state index in [2.05, 4.69) is 37.3 Å². The summed E-state index contributed by atoms with van der Waals surface area (Å²) in [5.41, 5.74) is 3.39. The molecule has 2 aromatic carbocycles. The van der Waals surface area contributed by atoms with Gasteiger partial charge in [0.2, 0.25) is 0 Å². The van der Waals surface area contributed by atoms with Crippen LogP contribution in [-0.2, 0) is 0 Å². The van der Waals surface area contributed by atoms with Crippen molar-refractivity contribution in [1.82, 2.24) is 20.0 Å². The summed E-state index contributed by atoms with van der Waals surface area (Å²) in [6.07, 6.45) is 0. The number of H-pyrrole nitrogens is 1. The molecule has 0 spiro atoms. The number of Topliss-reactive ketones (excluding diaryl/α,β-unsaturated/α-hetero) is 1. The van der Waals surface area contributed by atoms with E-state index in [1.165, 1.54) is 11.6 Å². The number of nitriles is 1. The Morgan fingerprint density at radius 3 is 2.25 bits per heavy atom. The number of hydrogen-bond donors (Lipinski definition) is 1. The van der Waals surface area contributed by atoms with Crippen LogP contribution in [-0.4, -0.2) is 25.8 Å². The topological polar surface area (TPSA) is 87.4 Å². The Kier molecular flexibility index (Phi) is 4.63. The molecule has 1 N–H and O–H groups in total. The zero-order valence-electron chi connectivity index (χ0n) is 14.8. The van der Waals surface area contributed by atoms with Crippen LogP contribution in [0.25, 0.3) is 28.3 Å². The van der Waals surface area contributed by atoms with Crippen LogP contribution in [0.4, 0.5) is 0 Å². The third-order valence-electron chi connectivity index (χ3n) is 4.33. The van der Waals surface area contributed by atoms with Gasteiger partial charge in [0, 0.05) is 18.1 Å². The number of carbonyl (C=O) groups is 1. The largest absolute Gasteiger partial charge is 0.293 e. The average Bonchev–Trinajstić information content (AvgIpc) is 3.29. The second-order valence-electron chi connectivity index (χ2n) is 6.12. The Balaban J connectivity index is 1.98. The number of aromatic amines is 1. The molecule has 4 aromatic rings. The molecule has 28 heavy (non-hydrogen) atoms. The molecule has 0 amide bonds. The molecule has 0 bridgehead atoms. The molecule has 0 fully saturated rings. The van der Waals surface area contributed by atoms with E-state index in [-0.39, 0.29) is 17.0 Å². The fourth-order valence-corrected chi connectivity index (χ4v) is 3.62. The molecule has 0 aliphatic heterocycles. The highest BCUT2D eigenvalue weighted by atomic mass is 79.9. The van der Waals surface area contributed by atoms with Crippen molar-refractivity contribution in [2.75, 3.05) is 0 Å². The lowest BCUT2D eigenvalue weighted by Gasteiger charge is -2.06. The van der Waals surface area contributed by atoms with Gasteiger partial charge in [-0.05, 0) is 15.9 Å². The third kappa shape index (κ3) is 2.94. The normalized spacial score (nSPS) is 10.6.